The molecular weight excluding hydrogens is 500 g/mol. The van der Waals surface area contributed by atoms with E-state index >= 15 is 0 Å². The van der Waals surface area contributed by atoms with Crippen molar-refractivity contribution in [2.24, 2.45) is 5.73 Å². The van der Waals surface area contributed by atoms with Crippen molar-refractivity contribution in [3.05, 3.63) is 57.1 Å². The zero-order valence-electron chi connectivity index (χ0n) is 19.6. The van der Waals surface area contributed by atoms with Gasteiger partial charge in [0.1, 0.15) is 6.04 Å². The Kier molecular flexibility index (Phi) is 10.4. The summed E-state index contributed by atoms with van der Waals surface area (Å²) in [5.74, 6) is -0.956. The molecule has 0 spiro atoms. The monoisotopic (exact) mass is 529 g/mol. The highest BCUT2D eigenvalue weighted by Gasteiger charge is 2.27. The van der Waals surface area contributed by atoms with Crippen LogP contribution in [0.25, 0.3) is 0 Å². The van der Waals surface area contributed by atoms with Crippen LogP contribution in [0.5, 0.6) is 0 Å². The third-order valence-electron chi connectivity index (χ3n) is 4.99. The molecule has 11 heteroatoms. The van der Waals surface area contributed by atoms with Gasteiger partial charge in [-0.1, -0.05) is 35.3 Å². The maximum Gasteiger partial charge on any atom is 0.332 e. The minimum Gasteiger partial charge on any atom is -0.382 e. The van der Waals surface area contributed by atoms with Crippen molar-refractivity contribution in [1.29, 1.82) is 0 Å². The average molecular weight is 530 g/mol. The summed E-state index contributed by atoms with van der Waals surface area (Å²) in [5.41, 5.74) is 8.02. The molecule has 0 bridgehead atoms. The standard InChI is InChI=1S/C23H30Cl2N3O5P/c1-5-32-34(31,33-6-2)13-12-27-20-14(3)10-11-16(15(4)29)21(20)28-22(23(26)30)19-17(24)8-7-9-18(19)25/h7-11,22,27-28H,5-6,12-13H2,1-4H3,(H2,26,30). The quantitative estimate of drug-likeness (QED) is 0.221. The summed E-state index contributed by atoms with van der Waals surface area (Å²) in [6, 6.07) is 7.17. The lowest BCUT2D eigenvalue weighted by Crippen LogP contribution is -2.29. The zero-order valence-corrected chi connectivity index (χ0v) is 22.0. The number of aryl methyl sites for hydroxylation is 1. The molecule has 34 heavy (non-hydrogen) atoms. The Morgan fingerprint density at radius 3 is 2.15 bits per heavy atom. The first-order chi connectivity index (χ1) is 16.0. The Hall–Kier alpha value is -2.09. The number of carbonyl (C=O) groups is 2. The fraction of sp³-hybridized carbons (Fsp3) is 0.391. The first-order valence-electron chi connectivity index (χ1n) is 10.8. The van der Waals surface area contributed by atoms with Crippen LogP contribution in [-0.4, -0.2) is 37.6 Å². The molecule has 0 radical (unpaired) electrons. The van der Waals surface area contributed by atoms with Gasteiger partial charge in [0.15, 0.2) is 5.78 Å². The number of rotatable bonds is 13. The molecular formula is C23H30Cl2N3O5P. The van der Waals surface area contributed by atoms with Crippen molar-refractivity contribution in [2.45, 2.75) is 33.7 Å². The van der Waals surface area contributed by atoms with Crippen LogP contribution < -0.4 is 16.4 Å². The smallest absolute Gasteiger partial charge is 0.332 e. The molecule has 0 saturated heterocycles. The first kappa shape index (κ1) is 28.1. The molecule has 1 amide bonds. The van der Waals surface area contributed by atoms with Gasteiger partial charge in [-0.2, -0.15) is 0 Å². The maximum atomic E-state index is 12.8. The number of anilines is 2. The summed E-state index contributed by atoms with van der Waals surface area (Å²) in [5, 5.41) is 6.79. The van der Waals surface area contributed by atoms with Gasteiger partial charge in [0, 0.05) is 27.7 Å². The molecule has 0 saturated carbocycles. The van der Waals surface area contributed by atoms with Gasteiger partial charge < -0.3 is 25.4 Å². The number of benzene rings is 2. The number of nitrogens with two attached hydrogens (primary N) is 1. The van der Waals surface area contributed by atoms with Crippen LogP contribution in [0.1, 0.15) is 48.3 Å². The summed E-state index contributed by atoms with van der Waals surface area (Å²) >= 11 is 12.7. The van der Waals surface area contributed by atoms with E-state index in [1.165, 1.54) is 6.92 Å². The van der Waals surface area contributed by atoms with E-state index in [4.69, 9.17) is 38.0 Å². The van der Waals surface area contributed by atoms with Crippen LogP contribution in [0.15, 0.2) is 30.3 Å². The Balaban J connectivity index is 2.48. The molecule has 186 valence electrons. The SMILES string of the molecule is CCOP(=O)(CCNc1c(C)ccc(C(C)=O)c1NC(C(N)=O)c1c(Cl)cccc1Cl)OCC. The third kappa shape index (κ3) is 6.96. The molecule has 0 aliphatic heterocycles. The fourth-order valence-corrected chi connectivity index (χ4v) is 5.59. The summed E-state index contributed by atoms with van der Waals surface area (Å²) in [7, 11) is -3.28. The van der Waals surface area contributed by atoms with Crippen molar-refractivity contribution in [2.75, 3.05) is 36.6 Å². The first-order valence-corrected chi connectivity index (χ1v) is 13.3. The molecule has 8 nitrogen and oxygen atoms in total. The number of carbonyl (C=O) groups excluding carboxylic acids is 2. The van der Waals surface area contributed by atoms with Crippen LogP contribution in [0.3, 0.4) is 0 Å². The summed E-state index contributed by atoms with van der Waals surface area (Å²) < 4.78 is 23.5. The molecule has 4 N–H and O–H groups in total. The molecule has 2 aromatic carbocycles. The fourth-order valence-electron chi connectivity index (χ4n) is 3.47. The molecule has 0 aliphatic carbocycles. The minimum atomic E-state index is -3.28. The van der Waals surface area contributed by atoms with E-state index in [2.05, 4.69) is 10.6 Å². The number of primary amides is 1. The molecule has 1 unspecified atom stereocenters. The highest BCUT2D eigenvalue weighted by atomic mass is 35.5. The number of ketones is 1. The van der Waals surface area contributed by atoms with E-state index in [0.717, 1.165) is 5.56 Å². The van der Waals surface area contributed by atoms with Gasteiger partial charge in [-0.3, -0.25) is 14.2 Å². The largest absolute Gasteiger partial charge is 0.382 e. The van der Waals surface area contributed by atoms with E-state index in [0.29, 0.717) is 22.5 Å². The van der Waals surface area contributed by atoms with Gasteiger partial charge in [0.2, 0.25) is 5.91 Å². The van der Waals surface area contributed by atoms with Gasteiger partial charge in [-0.25, -0.2) is 0 Å². The second kappa shape index (κ2) is 12.6. The molecule has 2 rings (SSSR count). The van der Waals surface area contributed by atoms with E-state index in [1.54, 1.807) is 44.2 Å². The number of halogens is 2. The van der Waals surface area contributed by atoms with Gasteiger partial charge in [0.25, 0.3) is 0 Å². The normalized spacial score (nSPS) is 12.3. The lowest BCUT2D eigenvalue weighted by Gasteiger charge is -2.25. The summed E-state index contributed by atoms with van der Waals surface area (Å²) in [6.07, 6.45) is 0.105. The van der Waals surface area contributed by atoms with Crippen LogP contribution in [0.2, 0.25) is 10.0 Å². The van der Waals surface area contributed by atoms with E-state index in [9.17, 15) is 14.2 Å². The van der Waals surface area contributed by atoms with Crippen LogP contribution in [0.4, 0.5) is 11.4 Å². The lowest BCUT2D eigenvalue weighted by molar-refractivity contribution is -0.118. The predicted octanol–water partition coefficient (Wildman–Crippen LogP) is 5.82. The number of nitrogens with one attached hydrogen (secondary N) is 2. The number of hydrogen-bond donors (Lipinski definition) is 3. The third-order valence-corrected chi connectivity index (χ3v) is 7.73. The molecule has 0 aromatic heterocycles. The Labute approximate surface area is 210 Å². The summed E-state index contributed by atoms with van der Waals surface area (Å²) in [6.45, 7) is 7.46. The van der Waals surface area contributed by atoms with Crippen molar-refractivity contribution >= 4 is 53.9 Å². The number of amides is 1. The number of hydrogen-bond acceptors (Lipinski definition) is 7. The van der Waals surface area contributed by atoms with Crippen molar-refractivity contribution in [1.82, 2.24) is 0 Å². The van der Waals surface area contributed by atoms with E-state index in [1.807, 2.05) is 6.92 Å². The molecule has 0 aliphatic rings. The second-order valence-electron chi connectivity index (χ2n) is 7.45. The van der Waals surface area contributed by atoms with Crippen LogP contribution >= 0.6 is 30.8 Å². The Morgan fingerprint density at radius 1 is 1.06 bits per heavy atom. The predicted molar refractivity (Wildman–Crippen MR) is 137 cm³/mol. The highest BCUT2D eigenvalue weighted by molar-refractivity contribution is 7.53. The highest BCUT2D eigenvalue weighted by Crippen LogP contribution is 2.47. The summed E-state index contributed by atoms with van der Waals surface area (Å²) in [4.78, 5) is 24.9. The van der Waals surface area contributed by atoms with Crippen molar-refractivity contribution in [3.8, 4) is 0 Å². The molecule has 1 atom stereocenters. The topological polar surface area (TPSA) is 120 Å². The van der Waals surface area contributed by atoms with Crippen molar-refractivity contribution in [3.63, 3.8) is 0 Å². The van der Waals surface area contributed by atoms with Crippen LogP contribution in [0, 0.1) is 6.92 Å². The van der Waals surface area contributed by atoms with Gasteiger partial charge in [-0.15, -0.1) is 0 Å². The average Bonchev–Trinajstić information content (AvgIpc) is 2.74. The van der Waals surface area contributed by atoms with E-state index in [-0.39, 0.29) is 41.7 Å². The van der Waals surface area contributed by atoms with E-state index < -0.39 is 19.5 Å². The van der Waals surface area contributed by atoms with Gasteiger partial charge in [0.05, 0.1) is 30.8 Å². The second-order valence-corrected chi connectivity index (χ2v) is 10.4. The number of Topliss-reactive ketones (excluding diaryl/α,β-unsaturated/α-hetero) is 1. The molecule has 2 aromatic rings. The molecule has 0 fully saturated rings. The lowest BCUT2D eigenvalue weighted by atomic mass is 10.0. The van der Waals surface area contributed by atoms with Gasteiger partial charge >= 0.3 is 7.60 Å². The maximum absolute atomic E-state index is 12.8. The Bertz CT molecular complexity index is 1070. The van der Waals surface area contributed by atoms with Gasteiger partial charge in [-0.05, 0) is 51.5 Å². The zero-order chi connectivity index (χ0) is 25.5. The minimum absolute atomic E-state index is 0.105. The molecule has 0 heterocycles. The Morgan fingerprint density at radius 2 is 1.65 bits per heavy atom. The van der Waals surface area contributed by atoms with Crippen molar-refractivity contribution < 1.29 is 23.2 Å². The van der Waals surface area contributed by atoms with Crippen LogP contribution in [-0.2, 0) is 18.4 Å².